The second kappa shape index (κ2) is 6.28. The Labute approximate surface area is 130 Å². The number of hydrogen-bond donors (Lipinski definition) is 1. The first kappa shape index (κ1) is 14.7. The number of rotatable bonds is 5. The molecule has 1 unspecified atom stereocenters. The van der Waals surface area contributed by atoms with Gasteiger partial charge >= 0.3 is 0 Å². The van der Waals surface area contributed by atoms with Crippen molar-refractivity contribution in [2.45, 2.75) is 39.2 Å². The molecule has 0 amide bonds. The smallest absolute Gasteiger partial charge is 0.113 e. The van der Waals surface area contributed by atoms with Crippen molar-refractivity contribution in [3.05, 3.63) is 53.6 Å². The Hall–Kier alpha value is -2.20. The van der Waals surface area contributed by atoms with Gasteiger partial charge in [-0.3, -0.25) is 0 Å². The zero-order valence-electron chi connectivity index (χ0n) is 13.0. The average Bonchev–Trinajstić information content (AvgIpc) is 2.90. The van der Waals surface area contributed by atoms with E-state index in [2.05, 4.69) is 35.3 Å². The monoisotopic (exact) mass is 295 g/mol. The summed E-state index contributed by atoms with van der Waals surface area (Å²) in [6.07, 6.45) is 2.40. The summed E-state index contributed by atoms with van der Waals surface area (Å²) in [4.78, 5) is 1.69. The first-order chi connectivity index (χ1) is 10.7. The zero-order chi connectivity index (χ0) is 15.5. The molecule has 0 aliphatic rings. The second-order valence-electron chi connectivity index (χ2n) is 5.79. The summed E-state index contributed by atoms with van der Waals surface area (Å²) in [5.74, 6) is 0. The van der Waals surface area contributed by atoms with Crippen molar-refractivity contribution in [2.75, 3.05) is 0 Å². The average molecular weight is 295 g/mol. The summed E-state index contributed by atoms with van der Waals surface area (Å²) in [6.45, 7) is 3.98. The predicted octanol–water partition coefficient (Wildman–Crippen LogP) is 3.30. The maximum Gasteiger partial charge on any atom is 0.113 e. The van der Waals surface area contributed by atoms with E-state index in [0.29, 0.717) is 6.42 Å². The summed E-state index contributed by atoms with van der Waals surface area (Å²) < 4.78 is 0. The molecule has 22 heavy (non-hydrogen) atoms. The first-order valence-corrected chi connectivity index (χ1v) is 7.79. The van der Waals surface area contributed by atoms with E-state index < -0.39 is 0 Å². The Morgan fingerprint density at radius 3 is 2.27 bits per heavy atom. The molecule has 114 valence electrons. The van der Waals surface area contributed by atoms with Crippen molar-refractivity contribution in [1.29, 1.82) is 0 Å². The third-order valence-electron chi connectivity index (χ3n) is 3.62. The largest absolute Gasteiger partial charge is 0.393 e. The molecule has 0 radical (unpaired) electrons. The molecule has 1 atom stereocenters. The quantitative estimate of drug-likeness (QED) is 0.785. The van der Waals surface area contributed by atoms with Crippen LogP contribution in [0.1, 0.15) is 31.4 Å². The van der Waals surface area contributed by atoms with E-state index in [1.54, 1.807) is 4.80 Å². The van der Waals surface area contributed by atoms with Gasteiger partial charge in [0.2, 0.25) is 0 Å². The fraction of sp³-hybridized carbons (Fsp3) is 0.333. The van der Waals surface area contributed by atoms with E-state index in [1.807, 2.05) is 31.2 Å². The summed E-state index contributed by atoms with van der Waals surface area (Å²) >= 11 is 0. The van der Waals surface area contributed by atoms with Crippen LogP contribution in [0.5, 0.6) is 0 Å². The number of hydrogen-bond acceptors (Lipinski definition) is 3. The van der Waals surface area contributed by atoms with Crippen molar-refractivity contribution < 1.29 is 5.11 Å². The molecule has 0 bridgehead atoms. The normalized spacial score (nSPS) is 12.7. The number of aryl methyl sites for hydroxylation is 1. The fourth-order valence-corrected chi connectivity index (χ4v) is 2.73. The molecular formula is C18H21N3O. The van der Waals surface area contributed by atoms with Gasteiger partial charge in [0.05, 0.1) is 11.8 Å². The molecule has 0 aliphatic heterocycles. The highest BCUT2D eigenvalue weighted by Gasteiger charge is 2.08. The van der Waals surface area contributed by atoms with Crippen molar-refractivity contribution in [3.8, 4) is 5.69 Å². The lowest BCUT2D eigenvalue weighted by molar-refractivity contribution is 0.195. The molecule has 0 spiro atoms. The maximum absolute atomic E-state index is 9.66. The van der Waals surface area contributed by atoms with Crippen LogP contribution in [-0.4, -0.2) is 26.2 Å². The lowest BCUT2D eigenvalue weighted by atomic mass is 10.0. The molecule has 2 aromatic carbocycles. The zero-order valence-corrected chi connectivity index (χ0v) is 13.0. The van der Waals surface area contributed by atoms with Gasteiger partial charge in [0.1, 0.15) is 11.0 Å². The fourth-order valence-electron chi connectivity index (χ4n) is 2.73. The minimum atomic E-state index is -0.352. The third-order valence-corrected chi connectivity index (χ3v) is 3.62. The van der Waals surface area contributed by atoms with E-state index in [0.717, 1.165) is 35.1 Å². The van der Waals surface area contributed by atoms with Gasteiger partial charge in [-0.15, -0.1) is 10.2 Å². The van der Waals surface area contributed by atoms with Crippen LogP contribution in [0.3, 0.4) is 0 Å². The molecule has 4 nitrogen and oxygen atoms in total. The van der Waals surface area contributed by atoms with Crippen LogP contribution in [0.2, 0.25) is 0 Å². The SMILES string of the molecule is CCCc1cc(CC(C)O)cc(-n2nc3ccccc3n2)c1. The molecular weight excluding hydrogens is 274 g/mol. The number of aliphatic hydroxyl groups is 1. The molecule has 4 heteroatoms. The van der Waals surface area contributed by atoms with Crippen molar-refractivity contribution in [3.63, 3.8) is 0 Å². The van der Waals surface area contributed by atoms with E-state index in [1.165, 1.54) is 5.56 Å². The van der Waals surface area contributed by atoms with Gasteiger partial charge in [-0.25, -0.2) is 0 Å². The topological polar surface area (TPSA) is 50.9 Å². The number of aromatic nitrogens is 3. The van der Waals surface area contributed by atoms with E-state index >= 15 is 0 Å². The highest BCUT2D eigenvalue weighted by atomic mass is 16.3. The Morgan fingerprint density at radius 2 is 1.68 bits per heavy atom. The Morgan fingerprint density at radius 1 is 1.05 bits per heavy atom. The molecule has 1 N–H and O–H groups in total. The highest BCUT2D eigenvalue weighted by molar-refractivity contribution is 5.73. The van der Waals surface area contributed by atoms with Crippen molar-refractivity contribution >= 4 is 11.0 Å². The second-order valence-corrected chi connectivity index (χ2v) is 5.79. The lowest BCUT2D eigenvalue weighted by Crippen LogP contribution is -2.07. The molecule has 3 rings (SSSR count). The van der Waals surface area contributed by atoms with Gasteiger partial charge in [-0.2, -0.15) is 4.80 Å². The van der Waals surface area contributed by atoms with Gasteiger partial charge in [0, 0.05) is 0 Å². The third kappa shape index (κ3) is 3.17. The minimum absolute atomic E-state index is 0.352. The number of fused-ring (bicyclic) bond motifs is 1. The van der Waals surface area contributed by atoms with Crippen LogP contribution < -0.4 is 0 Å². The first-order valence-electron chi connectivity index (χ1n) is 7.79. The standard InChI is InChI=1S/C18H21N3O/c1-3-6-14-10-15(9-13(2)22)12-16(11-14)21-19-17-7-4-5-8-18(17)20-21/h4-5,7-8,10-13,22H,3,6,9H2,1-2H3. The Bertz CT molecular complexity index is 744. The summed E-state index contributed by atoms with van der Waals surface area (Å²) in [6, 6.07) is 14.2. The highest BCUT2D eigenvalue weighted by Crippen LogP contribution is 2.18. The minimum Gasteiger partial charge on any atom is -0.393 e. The van der Waals surface area contributed by atoms with Crippen LogP contribution in [0.4, 0.5) is 0 Å². The molecule has 3 aromatic rings. The Balaban J connectivity index is 2.05. The van der Waals surface area contributed by atoms with Gasteiger partial charge in [0.25, 0.3) is 0 Å². The number of benzene rings is 2. The van der Waals surface area contributed by atoms with Crippen LogP contribution >= 0.6 is 0 Å². The lowest BCUT2D eigenvalue weighted by Gasteiger charge is -2.10. The molecule has 0 fully saturated rings. The Kier molecular flexibility index (Phi) is 4.20. The van der Waals surface area contributed by atoms with E-state index in [4.69, 9.17) is 0 Å². The van der Waals surface area contributed by atoms with Crippen LogP contribution in [0.25, 0.3) is 16.7 Å². The van der Waals surface area contributed by atoms with Crippen molar-refractivity contribution in [2.24, 2.45) is 0 Å². The summed E-state index contributed by atoms with van der Waals surface area (Å²) in [5.41, 5.74) is 5.12. The van der Waals surface area contributed by atoms with Gasteiger partial charge < -0.3 is 5.11 Å². The van der Waals surface area contributed by atoms with Gasteiger partial charge in [0.15, 0.2) is 0 Å². The number of nitrogens with zero attached hydrogens (tertiary/aromatic N) is 3. The predicted molar refractivity (Wildman–Crippen MR) is 88.2 cm³/mol. The van der Waals surface area contributed by atoms with E-state index in [9.17, 15) is 5.11 Å². The summed E-state index contributed by atoms with van der Waals surface area (Å²) in [7, 11) is 0. The molecule has 0 aliphatic carbocycles. The van der Waals surface area contributed by atoms with Crippen LogP contribution in [-0.2, 0) is 12.8 Å². The summed E-state index contributed by atoms with van der Waals surface area (Å²) in [5, 5.41) is 18.8. The maximum atomic E-state index is 9.66. The number of aliphatic hydroxyl groups excluding tert-OH is 1. The van der Waals surface area contributed by atoms with Crippen molar-refractivity contribution in [1.82, 2.24) is 15.0 Å². The molecule has 0 saturated carbocycles. The molecule has 0 saturated heterocycles. The molecule has 1 aromatic heterocycles. The van der Waals surface area contributed by atoms with Crippen LogP contribution in [0.15, 0.2) is 42.5 Å². The van der Waals surface area contributed by atoms with Gasteiger partial charge in [-0.1, -0.05) is 31.5 Å². The molecule has 1 heterocycles. The van der Waals surface area contributed by atoms with Crippen LogP contribution in [0, 0.1) is 0 Å². The van der Waals surface area contributed by atoms with E-state index in [-0.39, 0.29) is 6.10 Å². The van der Waals surface area contributed by atoms with Gasteiger partial charge in [-0.05, 0) is 55.2 Å².